The van der Waals surface area contributed by atoms with Crippen LogP contribution in [0.4, 0.5) is 0 Å². The summed E-state index contributed by atoms with van der Waals surface area (Å²) in [6, 6.07) is 10.1. The van der Waals surface area contributed by atoms with Crippen LogP contribution in [-0.4, -0.2) is 30.1 Å². The molecular weight excluding hydrogens is 350 g/mol. The lowest BCUT2D eigenvalue weighted by molar-refractivity contribution is 0.296. The molecule has 0 spiro atoms. The molecule has 0 radical (unpaired) electrons. The van der Waals surface area contributed by atoms with Gasteiger partial charge in [0.15, 0.2) is 8.32 Å². The highest BCUT2D eigenvalue weighted by atomic mass is 28.4. The summed E-state index contributed by atoms with van der Waals surface area (Å²) < 4.78 is 6.19. The maximum Gasteiger partial charge on any atom is 0.192 e. The molecule has 5 heteroatoms. The number of rotatable bonds is 4. The number of hydrogen-bond donors (Lipinski definition) is 1. The van der Waals surface area contributed by atoms with Gasteiger partial charge in [-0.1, -0.05) is 44.7 Å². The minimum atomic E-state index is -1.70. The van der Waals surface area contributed by atoms with E-state index in [0.717, 1.165) is 34.1 Å². The molecule has 0 aliphatic carbocycles. The number of nitrogens with zero attached hydrogens (tertiary/aromatic N) is 2. The zero-order valence-corrected chi connectivity index (χ0v) is 17.8. The van der Waals surface area contributed by atoms with Crippen molar-refractivity contribution in [1.82, 2.24) is 15.2 Å². The number of pyridine rings is 1. The monoisotopic (exact) mass is 377 g/mol. The van der Waals surface area contributed by atoms with E-state index in [1.54, 1.807) is 0 Å². The molecule has 140 valence electrons. The molecule has 1 N–H and O–H groups in total. The number of aromatic amines is 1. The average molecular weight is 378 g/mol. The minimum absolute atomic E-state index is 0.230. The van der Waals surface area contributed by atoms with Crippen LogP contribution in [0.3, 0.4) is 0 Å². The number of nitrogens with one attached hydrogen (secondary N) is 1. The fourth-order valence-electron chi connectivity index (χ4n) is 2.57. The first-order valence-corrected chi connectivity index (χ1v) is 12.2. The van der Waals surface area contributed by atoms with Gasteiger partial charge in [0.1, 0.15) is 0 Å². The highest BCUT2D eigenvalue weighted by Gasteiger charge is 2.36. The van der Waals surface area contributed by atoms with E-state index in [9.17, 15) is 0 Å². The van der Waals surface area contributed by atoms with E-state index in [0.29, 0.717) is 6.61 Å². The van der Waals surface area contributed by atoms with Crippen molar-refractivity contribution in [2.45, 2.75) is 45.3 Å². The SMILES string of the molecule is CC(C)(C)[Si](C)(C)OCCC#Cc1ccnc2cc(-c3cc[nH]n3)ccc12. The van der Waals surface area contributed by atoms with E-state index in [1.807, 2.05) is 24.5 Å². The standard InChI is InChI=1S/C22H27N3OSi/c1-22(2,3)27(4,5)26-15-7-6-8-17-11-13-23-21-16-18(9-10-19(17)21)20-12-14-24-25-20/h9-14,16H,7,15H2,1-5H3,(H,24,25). The number of H-pyrrole nitrogens is 1. The van der Waals surface area contributed by atoms with Gasteiger partial charge in [-0.15, -0.1) is 0 Å². The number of benzene rings is 1. The average Bonchev–Trinajstić information content (AvgIpc) is 3.14. The Morgan fingerprint density at radius 3 is 2.67 bits per heavy atom. The van der Waals surface area contributed by atoms with Gasteiger partial charge in [0, 0.05) is 41.9 Å². The summed E-state index contributed by atoms with van der Waals surface area (Å²) >= 11 is 0. The highest BCUT2D eigenvalue weighted by molar-refractivity contribution is 6.74. The summed E-state index contributed by atoms with van der Waals surface area (Å²) in [5.74, 6) is 6.55. The third-order valence-electron chi connectivity index (χ3n) is 5.26. The third-order valence-corrected chi connectivity index (χ3v) is 9.80. The first-order valence-electron chi connectivity index (χ1n) is 9.30. The van der Waals surface area contributed by atoms with Crippen LogP contribution >= 0.6 is 0 Å². The number of hydrogen-bond acceptors (Lipinski definition) is 3. The van der Waals surface area contributed by atoms with Gasteiger partial charge in [0.05, 0.1) is 11.2 Å². The van der Waals surface area contributed by atoms with Crippen LogP contribution in [0.15, 0.2) is 42.7 Å². The van der Waals surface area contributed by atoms with Crippen LogP contribution < -0.4 is 0 Å². The minimum Gasteiger partial charge on any atom is -0.416 e. The van der Waals surface area contributed by atoms with Crippen LogP contribution in [-0.2, 0) is 4.43 Å². The van der Waals surface area contributed by atoms with Crippen molar-refractivity contribution in [2.24, 2.45) is 0 Å². The Balaban J connectivity index is 1.72. The molecule has 0 aliphatic rings. The number of aromatic nitrogens is 3. The van der Waals surface area contributed by atoms with Gasteiger partial charge in [-0.2, -0.15) is 5.10 Å². The van der Waals surface area contributed by atoms with E-state index in [1.165, 1.54) is 0 Å². The summed E-state index contributed by atoms with van der Waals surface area (Å²) in [5.41, 5.74) is 3.89. The first-order chi connectivity index (χ1) is 12.8. The zero-order valence-electron chi connectivity index (χ0n) is 16.8. The molecule has 0 aliphatic heterocycles. The lowest BCUT2D eigenvalue weighted by Crippen LogP contribution is -2.40. The predicted octanol–water partition coefficient (Wildman–Crippen LogP) is 5.39. The van der Waals surface area contributed by atoms with Crippen molar-refractivity contribution in [3.05, 3.63) is 48.3 Å². The van der Waals surface area contributed by atoms with Crippen molar-refractivity contribution >= 4 is 19.2 Å². The lowest BCUT2D eigenvalue weighted by atomic mass is 10.1. The second-order valence-corrected chi connectivity index (χ2v) is 13.0. The number of fused-ring (bicyclic) bond motifs is 1. The Bertz CT molecular complexity index is 976. The van der Waals surface area contributed by atoms with Crippen molar-refractivity contribution in [2.75, 3.05) is 6.61 Å². The molecule has 0 unspecified atom stereocenters. The van der Waals surface area contributed by atoms with Crippen LogP contribution in [0.5, 0.6) is 0 Å². The Hall–Kier alpha value is -2.42. The van der Waals surface area contributed by atoms with Crippen LogP contribution in [0, 0.1) is 11.8 Å². The molecule has 0 bridgehead atoms. The molecular formula is C22H27N3OSi. The van der Waals surface area contributed by atoms with Crippen molar-refractivity contribution < 1.29 is 4.43 Å². The lowest BCUT2D eigenvalue weighted by Gasteiger charge is -2.35. The van der Waals surface area contributed by atoms with Gasteiger partial charge in [-0.3, -0.25) is 10.1 Å². The molecule has 0 saturated carbocycles. The van der Waals surface area contributed by atoms with Crippen molar-refractivity contribution in [1.29, 1.82) is 0 Å². The first kappa shape index (κ1) is 19.3. The molecule has 1 aromatic carbocycles. The second kappa shape index (κ2) is 7.67. The van der Waals surface area contributed by atoms with Gasteiger partial charge in [-0.05, 0) is 36.3 Å². The summed E-state index contributed by atoms with van der Waals surface area (Å²) in [6.45, 7) is 12.0. The predicted molar refractivity (Wildman–Crippen MR) is 114 cm³/mol. The Morgan fingerprint density at radius 1 is 1.15 bits per heavy atom. The molecule has 0 atom stereocenters. The fraction of sp³-hybridized carbons (Fsp3) is 0.364. The Morgan fingerprint density at radius 2 is 1.96 bits per heavy atom. The smallest absolute Gasteiger partial charge is 0.192 e. The molecule has 0 saturated heterocycles. The van der Waals surface area contributed by atoms with Crippen LogP contribution in [0.1, 0.15) is 32.8 Å². The van der Waals surface area contributed by atoms with E-state index >= 15 is 0 Å². The highest BCUT2D eigenvalue weighted by Crippen LogP contribution is 2.36. The van der Waals surface area contributed by atoms with Gasteiger partial charge in [0.25, 0.3) is 0 Å². The van der Waals surface area contributed by atoms with Gasteiger partial charge in [-0.25, -0.2) is 0 Å². The van der Waals surface area contributed by atoms with Crippen molar-refractivity contribution in [3.8, 4) is 23.1 Å². The van der Waals surface area contributed by atoms with E-state index in [4.69, 9.17) is 4.43 Å². The summed E-state index contributed by atoms with van der Waals surface area (Å²) in [7, 11) is -1.70. The topological polar surface area (TPSA) is 50.8 Å². The largest absolute Gasteiger partial charge is 0.416 e. The molecule has 2 aromatic heterocycles. The second-order valence-electron chi connectivity index (χ2n) is 8.21. The Kier molecular flexibility index (Phi) is 5.50. The van der Waals surface area contributed by atoms with E-state index in [2.05, 4.69) is 79.1 Å². The van der Waals surface area contributed by atoms with Gasteiger partial charge < -0.3 is 4.43 Å². The van der Waals surface area contributed by atoms with Crippen LogP contribution in [0.2, 0.25) is 18.1 Å². The molecule has 3 rings (SSSR count). The molecule has 4 nitrogen and oxygen atoms in total. The maximum absolute atomic E-state index is 6.19. The zero-order chi connectivity index (χ0) is 19.5. The summed E-state index contributed by atoms with van der Waals surface area (Å²) in [4.78, 5) is 4.49. The summed E-state index contributed by atoms with van der Waals surface area (Å²) in [6.07, 6.45) is 4.37. The third kappa shape index (κ3) is 4.47. The maximum atomic E-state index is 6.19. The summed E-state index contributed by atoms with van der Waals surface area (Å²) in [5, 5.41) is 8.37. The molecule has 2 heterocycles. The van der Waals surface area contributed by atoms with Crippen LogP contribution in [0.25, 0.3) is 22.2 Å². The normalized spacial score (nSPS) is 12.0. The Labute approximate surface area is 162 Å². The fourth-order valence-corrected chi connectivity index (χ4v) is 3.61. The van der Waals surface area contributed by atoms with E-state index in [-0.39, 0.29) is 5.04 Å². The van der Waals surface area contributed by atoms with Gasteiger partial charge >= 0.3 is 0 Å². The van der Waals surface area contributed by atoms with Crippen molar-refractivity contribution in [3.63, 3.8) is 0 Å². The molecule has 3 aromatic rings. The quantitative estimate of drug-likeness (QED) is 0.377. The molecule has 0 amide bonds. The molecule has 0 fully saturated rings. The molecule has 27 heavy (non-hydrogen) atoms. The van der Waals surface area contributed by atoms with Gasteiger partial charge in [0.2, 0.25) is 0 Å². The van der Waals surface area contributed by atoms with E-state index < -0.39 is 8.32 Å².